The fourth-order valence-corrected chi connectivity index (χ4v) is 3.13. The molecular formula is C21H18N2O4. The van der Waals surface area contributed by atoms with Crippen LogP contribution in [0.2, 0.25) is 0 Å². The molecule has 0 saturated carbocycles. The number of rotatable bonds is 4. The second kappa shape index (κ2) is 6.72. The van der Waals surface area contributed by atoms with Crippen molar-refractivity contribution in [1.29, 1.82) is 0 Å². The minimum Gasteiger partial charge on any atom is -0.487 e. The third kappa shape index (κ3) is 3.21. The molecule has 6 nitrogen and oxygen atoms in total. The summed E-state index contributed by atoms with van der Waals surface area (Å²) in [5, 5.41) is 0.891. The highest BCUT2D eigenvalue weighted by molar-refractivity contribution is 5.81. The first kappa shape index (κ1) is 17.0. The fourth-order valence-electron chi connectivity index (χ4n) is 3.13. The monoisotopic (exact) mass is 362 g/mol. The molecular weight excluding hydrogens is 344 g/mol. The van der Waals surface area contributed by atoms with Crippen molar-refractivity contribution >= 4 is 16.6 Å². The zero-order valence-electron chi connectivity index (χ0n) is 15.1. The van der Waals surface area contributed by atoms with Gasteiger partial charge in [0.05, 0.1) is 5.69 Å². The average molecular weight is 362 g/mol. The number of benzene rings is 1. The van der Waals surface area contributed by atoms with E-state index >= 15 is 0 Å². The van der Waals surface area contributed by atoms with Gasteiger partial charge in [-0.25, -0.2) is 9.78 Å². The maximum atomic E-state index is 12.3. The predicted molar refractivity (Wildman–Crippen MR) is 102 cm³/mol. The molecule has 0 radical (unpaired) electrons. The van der Waals surface area contributed by atoms with Crippen molar-refractivity contribution in [2.45, 2.75) is 26.9 Å². The Morgan fingerprint density at radius 2 is 2.00 bits per heavy atom. The van der Waals surface area contributed by atoms with Gasteiger partial charge in [-0.2, -0.15) is 0 Å². The van der Waals surface area contributed by atoms with Crippen LogP contribution in [0.1, 0.15) is 23.7 Å². The molecule has 0 saturated heterocycles. The summed E-state index contributed by atoms with van der Waals surface area (Å²) in [6.07, 6.45) is 2.44. The predicted octanol–water partition coefficient (Wildman–Crippen LogP) is 3.25. The minimum atomic E-state index is -0.379. The molecule has 6 heteroatoms. The molecule has 3 heterocycles. The highest BCUT2D eigenvalue weighted by Gasteiger charge is 2.08. The van der Waals surface area contributed by atoms with Crippen molar-refractivity contribution in [2.24, 2.45) is 0 Å². The Morgan fingerprint density at radius 3 is 2.81 bits per heavy atom. The summed E-state index contributed by atoms with van der Waals surface area (Å²) in [6, 6.07) is 12.1. The van der Waals surface area contributed by atoms with Crippen LogP contribution in [-0.4, -0.2) is 9.38 Å². The SMILES string of the molecule is CCc1cc(=O)oc2cc(OCc3cc(=O)n4cccc(C)c4n3)ccc12. The Balaban J connectivity index is 1.66. The van der Waals surface area contributed by atoms with E-state index in [-0.39, 0.29) is 17.8 Å². The normalized spacial score (nSPS) is 11.2. The van der Waals surface area contributed by atoms with Crippen molar-refractivity contribution in [3.63, 3.8) is 0 Å². The fraction of sp³-hybridized carbons (Fsp3) is 0.190. The molecule has 0 spiro atoms. The number of ether oxygens (including phenoxy) is 1. The van der Waals surface area contributed by atoms with Gasteiger partial charge in [0.25, 0.3) is 5.56 Å². The van der Waals surface area contributed by atoms with Crippen LogP contribution < -0.4 is 15.9 Å². The first-order valence-corrected chi connectivity index (χ1v) is 8.72. The van der Waals surface area contributed by atoms with E-state index in [9.17, 15) is 9.59 Å². The number of hydrogen-bond acceptors (Lipinski definition) is 5. The maximum Gasteiger partial charge on any atom is 0.336 e. The molecule has 3 aromatic heterocycles. The zero-order valence-corrected chi connectivity index (χ0v) is 15.1. The molecule has 0 aliphatic rings. The summed E-state index contributed by atoms with van der Waals surface area (Å²) in [6.45, 7) is 4.04. The first-order chi connectivity index (χ1) is 13.0. The molecule has 0 bridgehead atoms. The van der Waals surface area contributed by atoms with E-state index in [1.165, 1.54) is 16.5 Å². The smallest absolute Gasteiger partial charge is 0.336 e. The maximum absolute atomic E-state index is 12.3. The molecule has 0 fully saturated rings. The molecule has 1 aromatic carbocycles. The molecule has 4 rings (SSSR count). The molecule has 27 heavy (non-hydrogen) atoms. The quantitative estimate of drug-likeness (QED) is 0.521. The number of aryl methyl sites for hydroxylation is 2. The van der Waals surface area contributed by atoms with E-state index in [0.717, 1.165) is 22.9 Å². The summed E-state index contributed by atoms with van der Waals surface area (Å²) < 4.78 is 12.6. The molecule has 4 aromatic rings. The van der Waals surface area contributed by atoms with E-state index in [1.54, 1.807) is 12.3 Å². The number of fused-ring (bicyclic) bond motifs is 2. The van der Waals surface area contributed by atoms with Gasteiger partial charge in [0.15, 0.2) is 0 Å². The molecule has 0 atom stereocenters. The van der Waals surface area contributed by atoms with Gasteiger partial charge in [-0.15, -0.1) is 0 Å². The highest BCUT2D eigenvalue weighted by Crippen LogP contribution is 2.23. The van der Waals surface area contributed by atoms with Crippen LogP contribution in [0.25, 0.3) is 16.6 Å². The number of nitrogens with zero attached hydrogens (tertiary/aromatic N) is 2. The van der Waals surface area contributed by atoms with Crippen LogP contribution in [0.15, 0.2) is 62.7 Å². The lowest BCUT2D eigenvalue weighted by Gasteiger charge is -2.09. The van der Waals surface area contributed by atoms with Gasteiger partial charge in [-0.05, 0) is 42.7 Å². The van der Waals surface area contributed by atoms with Crippen molar-refractivity contribution in [1.82, 2.24) is 9.38 Å². The van der Waals surface area contributed by atoms with Crippen LogP contribution in [0, 0.1) is 6.92 Å². The van der Waals surface area contributed by atoms with E-state index in [1.807, 2.05) is 38.1 Å². The summed E-state index contributed by atoms with van der Waals surface area (Å²) in [4.78, 5) is 28.5. The number of hydrogen-bond donors (Lipinski definition) is 0. The zero-order chi connectivity index (χ0) is 19.0. The van der Waals surface area contributed by atoms with Crippen LogP contribution >= 0.6 is 0 Å². The second-order valence-corrected chi connectivity index (χ2v) is 6.36. The summed E-state index contributed by atoms with van der Waals surface area (Å²) >= 11 is 0. The molecule has 0 aliphatic carbocycles. The molecule has 0 unspecified atom stereocenters. The third-order valence-electron chi connectivity index (χ3n) is 4.51. The Morgan fingerprint density at radius 1 is 1.15 bits per heavy atom. The van der Waals surface area contributed by atoms with Crippen molar-refractivity contribution in [3.05, 3.63) is 86.3 Å². The molecule has 0 N–H and O–H groups in total. The van der Waals surface area contributed by atoms with Gasteiger partial charge in [0.2, 0.25) is 0 Å². The third-order valence-corrected chi connectivity index (χ3v) is 4.51. The Bertz CT molecular complexity index is 1270. The van der Waals surface area contributed by atoms with E-state index in [2.05, 4.69) is 4.98 Å². The van der Waals surface area contributed by atoms with Gasteiger partial charge in [-0.1, -0.05) is 13.0 Å². The van der Waals surface area contributed by atoms with Crippen LogP contribution in [0.4, 0.5) is 0 Å². The summed E-state index contributed by atoms with van der Waals surface area (Å²) in [5.74, 6) is 0.547. The van der Waals surface area contributed by atoms with Gasteiger partial charge >= 0.3 is 5.63 Å². The van der Waals surface area contributed by atoms with Crippen LogP contribution in [0.3, 0.4) is 0 Å². The summed E-state index contributed by atoms with van der Waals surface area (Å²) in [5.41, 5.74) is 2.96. The lowest BCUT2D eigenvalue weighted by atomic mass is 10.1. The standard InChI is InChI=1S/C21H18N2O4/c1-3-14-9-20(25)27-18-11-16(6-7-17(14)18)26-12-15-10-19(24)23-8-4-5-13(2)21(23)22-15/h4-11H,3,12H2,1-2H3. The molecule has 0 amide bonds. The Labute approximate surface area is 154 Å². The highest BCUT2D eigenvalue weighted by atomic mass is 16.5. The largest absolute Gasteiger partial charge is 0.487 e. The molecule has 136 valence electrons. The van der Waals surface area contributed by atoms with Crippen LogP contribution in [-0.2, 0) is 13.0 Å². The lowest BCUT2D eigenvalue weighted by molar-refractivity contribution is 0.301. The van der Waals surface area contributed by atoms with Gasteiger partial charge in [0, 0.05) is 29.8 Å². The van der Waals surface area contributed by atoms with Gasteiger partial charge < -0.3 is 9.15 Å². The Kier molecular flexibility index (Phi) is 4.24. The summed E-state index contributed by atoms with van der Waals surface area (Å²) in [7, 11) is 0. The first-order valence-electron chi connectivity index (χ1n) is 8.72. The molecule has 0 aliphatic heterocycles. The van der Waals surface area contributed by atoms with Crippen molar-refractivity contribution < 1.29 is 9.15 Å². The lowest BCUT2D eigenvalue weighted by Crippen LogP contribution is -2.17. The van der Waals surface area contributed by atoms with Crippen molar-refractivity contribution in [2.75, 3.05) is 0 Å². The number of aromatic nitrogens is 2. The van der Waals surface area contributed by atoms with Crippen LogP contribution in [0.5, 0.6) is 5.75 Å². The van der Waals surface area contributed by atoms with Gasteiger partial charge in [-0.3, -0.25) is 9.20 Å². The van der Waals surface area contributed by atoms with E-state index < -0.39 is 0 Å². The minimum absolute atomic E-state index is 0.142. The van der Waals surface area contributed by atoms with Gasteiger partial charge in [0.1, 0.15) is 23.6 Å². The van der Waals surface area contributed by atoms with Crippen molar-refractivity contribution in [3.8, 4) is 5.75 Å². The van der Waals surface area contributed by atoms with E-state index in [4.69, 9.17) is 9.15 Å². The Hall–Kier alpha value is -3.41. The van der Waals surface area contributed by atoms with E-state index in [0.29, 0.717) is 22.7 Å². The topological polar surface area (TPSA) is 73.8 Å². The number of pyridine rings is 1. The second-order valence-electron chi connectivity index (χ2n) is 6.36. The average Bonchev–Trinajstić information content (AvgIpc) is 2.66.